The van der Waals surface area contributed by atoms with E-state index in [4.69, 9.17) is 4.74 Å². The van der Waals surface area contributed by atoms with E-state index < -0.39 is 0 Å². The van der Waals surface area contributed by atoms with Gasteiger partial charge >= 0.3 is 5.97 Å². The van der Waals surface area contributed by atoms with Gasteiger partial charge in [-0.1, -0.05) is 54.6 Å². The normalized spacial score (nSPS) is 11.2. The molecular weight excluding hydrogens is 384 g/mol. The number of carbonyl (C=O) groups excluding carboxylic acids is 1. The van der Waals surface area contributed by atoms with E-state index in [9.17, 15) is 15.3 Å². The van der Waals surface area contributed by atoms with E-state index in [1.165, 1.54) is 7.11 Å². The monoisotopic (exact) mass is 402 g/mol. The summed E-state index contributed by atoms with van der Waals surface area (Å²) in [4.78, 5) is 11.6. The van der Waals surface area contributed by atoms with E-state index in [2.05, 4.69) is 42.5 Å². The van der Waals surface area contributed by atoms with Crippen molar-refractivity contribution in [2.45, 2.75) is 19.3 Å². The maximum atomic E-state index is 11.6. The number of carbonyl (C=O) groups is 1. The van der Waals surface area contributed by atoms with Crippen molar-refractivity contribution in [1.29, 1.82) is 10.5 Å². The molecule has 0 aliphatic carbocycles. The summed E-state index contributed by atoms with van der Waals surface area (Å²) in [6.45, 7) is 0. The van der Waals surface area contributed by atoms with Gasteiger partial charge in [0.1, 0.15) is 12.1 Å². The number of rotatable bonds is 4. The molecule has 31 heavy (non-hydrogen) atoms. The fraction of sp³-hybridized carbons (Fsp3) is 0.148. The highest BCUT2D eigenvalue weighted by molar-refractivity contribution is 6.34. The minimum Gasteiger partial charge on any atom is -0.469 e. The van der Waals surface area contributed by atoms with Gasteiger partial charge in [-0.15, -0.1) is 0 Å². The summed E-state index contributed by atoms with van der Waals surface area (Å²) >= 11 is 0. The smallest absolute Gasteiger partial charge is 0.305 e. The molecule has 0 aliphatic rings. The average Bonchev–Trinajstić information content (AvgIpc) is 2.81. The maximum absolute atomic E-state index is 11.6. The molecule has 0 amide bonds. The lowest BCUT2D eigenvalue weighted by atomic mass is 9.83. The summed E-state index contributed by atoms with van der Waals surface area (Å²) in [6, 6.07) is 23.1. The van der Waals surface area contributed by atoms with Crippen LogP contribution < -0.4 is 0 Å². The fourth-order valence-electron chi connectivity index (χ4n) is 4.88. The van der Waals surface area contributed by atoms with Crippen molar-refractivity contribution >= 4 is 49.1 Å². The van der Waals surface area contributed by atoms with Crippen molar-refractivity contribution in [3.05, 3.63) is 71.3 Å². The lowest BCUT2D eigenvalue weighted by Crippen LogP contribution is -2.03. The van der Waals surface area contributed by atoms with Gasteiger partial charge in [0.15, 0.2) is 0 Å². The van der Waals surface area contributed by atoms with Crippen LogP contribution in [0.15, 0.2) is 54.6 Å². The van der Waals surface area contributed by atoms with E-state index in [1.807, 2.05) is 24.3 Å². The summed E-state index contributed by atoms with van der Waals surface area (Å²) in [6.07, 6.45) is 1.35. The zero-order chi connectivity index (χ0) is 21.5. The van der Waals surface area contributed by atoms with E-state index in [1.54, 1.807) is 0 Å². The predicted molar refractivity (Wildman–Crippen MR) is 122 cm³/mol. The van der Waals surface area contributed by atoms with Crippen molar-refractivity contribution in [2.24, 2.45) is 0 Å². The second-order valence-electron chi connectivity index (χ2n) is 7.69. The Labute approximate surface area is 179 Å². The van der Waals surface area contributed by atoms with Crippen LogP contribution in [0.25, 0.3) is 43.1 Å². The first kappa shape index (κ1) is 18.9. The molecule has 0 bridgehead atoms. The van der Waals surface area contributed by atoms with Crippen LogP contribution in [0.3, 0.4) is 0 Å². The molecule has 0 atom stereocenters. The molecule has 0 radical (unpaired) electrons. The Kier molecular flexibility index (Phi) is 4.42. The second-order valence-corrected chi connectivity index (χ2v) is 7.69. The van der Waals surface area contributed by atoms with Crippen LogP contribution in [0.2, 0.25) is 0 Å². The molecule has 0 N–H and O–H groups in total. The van der Waals surface area contributed by atoms with Crippen LogP contribution in [0.5, 0.6) is 0 Å². The largest absolute Gasteiger partial charge is 0.469 e. The van der Waals surface area contributed by atoms with E-state index in [-0.39, 0.29) is 12.4 Å². The van der Waals surface area contributed by atoms with Crippen LogP contribution in [0.4, 0.5) is 0 Å². The first-order valence-electron chi connectivity index (χ1n) is 10.2. The fourth-order valence-corrected chi connectivity index (χ4v) is 4.88. The Hall–Kier alpha value is -4.15. The summed E-state index contributed by atoms with van der Waals surface area (Å²) in [5, 5.41) is 28.4. The number of hydrogen-bond acceptors (Lipinski definition) is 4. The van der Waals surface area contributed by atoms with Gasteiger partial charge in [-0.05, 0) is 56.1 Å². The third kappa shape index (κ3) is 2.70. The summed E-state index contributed by atoms with van der Waals surface area (Å²) in [5.41, 5.74) is 1.65. The Balaban J connectivity index is 1.95. The molecular formula is C27H18N2O2. The van der Waals surface area contributed by atoms with Crippen molar-refractivity contribution in [1.82, 2.24) is 0 Å². The minimum absolute atomic E-state index is 0.272. The van der Waals surface area contributed by atoms with Crippen molar-refractivity contribution in [3.63, 3.8) is 0 Å². The summed E-state index contributed by atoms with van der Waals surface area (Å²) in [5.74, 6) is -0.276. The first-order chi connectivity index (χ1) is 15.2. The first-order valence-corrected chi connectivity index (χ1v) is 10.2. The summed E-state index contributed by atoms with van der Waals surface area (Å²) < 4.78 is 4.76. The molecule has 0 saturated carbocycles. The Morgan fingerprint density at radius 2 is 1.42 bits per heavy atom. The van der Waals surface area contributed by atoms with Crippen molar-refractivity contribution in [2.75, 3.05) is 7.11 Å². The molecule has 5 aromatic rings. The van der Waals surface area contributed by atoms with Gasteiger partial charge in [-0.2, -0.15) is 10.5 Å². The SMILES string of the molecule is COC(=O)CCCc1c(C#N)c(C#N)c2c3cccc4cccc(c5cccc1c52)c43. The molecule has 5 rings (SSSR count). The number of methoxy groups -OCH3 is 1. The van der Waals surface area contributed by atoms with Crippen LogP contribution in [-0.2, 0) is 16.0 Å². The van der Waals surface area contributed by atoms with Gasteiger partial charge in [0.25, 0.3) is 0 Å². The predicted octanol–water partition coefficient (Wildman–Crippen LogP) is 5.98. The number of esters is 1. The number of ether oxygens (including phenoxy) is 1. The highest BCUT2D eigenvalue weighted by Crippen LogP contribution is 2.44. The topological polar surface area (TPSA) is 73.9 Å². The molecule has 148 valence electrons. The Bertz CT molecular complexity index is 1580. The molecule has 0 saturated heterocycles. The highest BCUT2D eigenvalue weighted by atomic mass is 16.5. The Morgan fingerprint density at radius 3 is 2.10 bits per heavy atom. The average molecular weight is 402 g/mol. The summed E-state index contributed by atoms with van der Waals surface area (Å²) in [7, 11) is 1.37. The molecule has 5 aromatic carbocycles. The highest BCUT2D eigenvalue weighted by Gasteiger charge is 2.22. The Morgan fingerprint density at radius 1 is 0.806 bits per heavy atom. The van der Waals surface area contributed by atoms with Crippen LogP contribution in [0, 0.1) is 22.7 Å². The molecule has 0 unspecified atom stereocenters. The van der Waals surface area contributed by atoms with Gasteiger partial charge < -0.3 is 4.74 Å². The van der Waals surface area contributed by atoms with Crippen molar-refractivity contribution in [3.8, 4) is 12.1 Å². The third-order valence-corrected chi connectivity index (χ3v) is 6.16. The number of aryl methyl sites for hydroxylation is 1. The van der Waals surface area contributed by atoms with Gasteiger partial charge in [0.05, 0.1) is 18.2 Å². The number of nitrogens with zero attached hydrogens (tertiary/aromatic N) is 2. The van der Waals surface area contributed by atoms with E-state index in [0.29, 0.717) is 24.0 Å². The third-order valence-electron chi connectivity index (χ3n) is 6.16. The minimum atomic E-state index is -0.276. The lowest BCUT2D eigenvalue weighted by molar-refractivity contribution is -0.140. The van der Waals surface area contributed by atoms with Crippen LogP contribution >= 0.6 is 0 Å². The second kappa shape index (κ2) is 7.27. The molecule has 4 heteroatoms. The molecule has 0 fully saturated rings. The maximum Gasteiger partial charge on any atom is 0.305 e. The zero-order valence-corrected chi connectivity index (χ0v) is 17.0. The number of nitriles is 2. The van der Waals surface area contributed by atoms with Gasteiger partial charge in [0.2, 0.25) is 0 Å². The number of hydrogen-bond donors (Lipinski definition) is 0. The van der Waals surface area contributed by atoms with Crippen LogP contribution in [0.1, 0.15) is 29.5 Å². The van der Waals surface area contributed by atoms with Crippen LogP contribution in [-0.4, -0.2) is 13.1 Å². The molecule has 0 spiro atoms. The van der Waals surface area contributed by atoms with E-state index in [0.717, 1.165) is 48.7 Å². The quantitative estimate of drug-likeness (QED) is 0.211. The lowest BCUT2D eigenvalue weighted by Gasteiger charge is -2.19. The van der Waals surface area contributed by atoms with Crippen molar-refractivity contribution < 1.29 is 9.53 Å². The molecule has 0 aliphatic heterocycles. The number of fused-ring (bicyclic) bond motifs is 2. The van der Waals surface area contributed by atoms with Gasteiger partial charge in [-0.25, -0.2) is 0 Å². The zero-order valence-electron chi connectivity index (χ0n) is 17.0. The van der Waals surface area contributed by atoms with Gasteiger partial charge in [-0.3, -0.25) is 4.79 Å². The standard InChI is InChI=1S/C27H18N2O2/c1-31-24(30)13-5-8-17-18-10-4-11-20-19-9-2-6-16-7-3-12-21(25(16)19)27(26(18)20)23(15-29)22(17)14-28/h2-4,6-7,9-12H,5,8,13H2,1H3. The molecule has 4 nitrogen and oxygen atoms in total. The molecule has 0 aromatic heterocycles. The van der Waals surface area contributed by atoms with E-state index >= 15 is 0 Å². The number of benzene rings is 5. The molecule has 0 heterocycles. The van der Waals surface area contributed by atoms with Gasteiger partial charge in [0, 0.05) is 11.8 Å².